The van der Waals surface area contributed by atoms with Crippen LogP contribution in [0.5, 0.6) is 5.75 Å². The van der Waals surface area contributed by atoms with Crippen molar-refractivity contribution >= 4 is 17.5 Å². The van der Waals surface area contributed by atoms with Crippen molar-refractivity contribution in [2.24, 2.45) is 10.4 Å². The molecular weight excluding hydrogens is 252 g/mol. The maximum absolute atomic E-state index is 12.0. The van der Waals surface area contributed by atoms with Gasteiger partial charge in [0.1, 0.15) is 11.6 Å². The molecule has 0 aromatic heterocycles. The molecule has 0 radical (unpaired) electrons. The summed E-state index contributed by atoms with van der Waals surface area (Å²) in [5.74, 6) is 1.39. The lowest BCUT2D eigenvalue weighted by molar-refractivity contribution is -0.143. The van der Waals surface area contributed by atoms with Crippen molar-refractivity contribution in [1.82, 2.24) is 0 Å². The Morgan fingerprint density at radius 1 is 1.35 bits per heavy atom. The van der Waals surface area contributed by atoms with Crippen LogP contribution in [0.15, 0.2) is 23.2 Å². The van der Waals surface area contributed by atoms with Crippen LogP contribution in [0.25, 0.3) is 0 Å². The van der Waals surface area contributed by atoms with Gasteiger partial charge in [-0.05, 0) is 46.2 Å². The van der Waals surface area contributed by atoms with Gasteiger partial charge in [-0.25, -0.2) is 0 Å². The molecule has 1 aliphatic rings. The van der Waals surface area contributed by atoms with Crippen LogP contribution in [0, 0.1) is 12.3 Å². The van der Waals surface area contributed by atoms with E-state index in [-0.39, 0.29) is 5.97 Å². The Balaban J connectivity index is 2.17. The highest BCUT2D eigenvalue weighted by atomic mass is 16.5. The third kappa shape index (κ3) is 3.38. The van der Waals surface area contributed by atoms with E-state index in [0.29, 0.717) is 5.75 Å². The van der Waals surface area contributed by atoms with Crippen LogP contribution in [-0.2, 0) is 4.79 Å². The van der Waals surface area contributed by atoms with Gasteiger partial charge in [0.25, 0.3) is 0 Å². The van der Waals surface area contributed by atoms with Crippen molar-refractivity contribution in [2.75, 3.05) is 11.9 Å². The summed E-state index contributed by atoms with van der Waals surface area (Å²) in [5.41, 5.74) is 1.37. The molecule has 0 saturated carbocycles. The van der Waals surface area contributed by atoms with E-state index in [2.05, 4.69) is 10.3 Å². The minimum atomic E-state index is -0.509. The average Bonchev–Trinajstić information content (AvgIpc) is 2.86. The molecule has 20 heavy (non-hydrogen) atoms. The lowest BCUT2D eigenvalue weighted by atomic mass is 9.97. The second-order valence-electron chi connectivity index (χ2n) is 6.13. The molecule has 0 saturated heterocycles. The van der Waals surface area contributed by atoms with Crippen LogP contribution in [0.4, 0.5) is 5.69 Å². The fourth-order valence-electron chi connectivity index (χ4n) is 1.91. The molecule has 1 aromatic carbocycles. The van der Waals surface area contributed by atoms with Crippen LogP contribution in [0.1, 0.15) is 39.2 Å². The number of carbonyl (C=O) groups excluding carboxylic acids is 1. The molecular formula is C16H22N2O2. The van der Waals surface area contributed by atoms with Crippen molar-refractivity contribution in [2.45, 2.75) is 40.5 Å². The SMILES string of the molecule is Cc1c(NC2=NCCC2)cccc1OC(=O)C(C)(C)C. The average molecular weight is 274 g/mol. The predicted octanol–water partition coefficient (Wildman–Crippen LogP) is 3.55. The number of esters is 1. The van der Waals surface area contributed by atoms with Crippen molar-refractivity contribution in [3.8, 4) is 5.75 Å². The highest BCUT2D eigenvalue weighted by Gasteiger charge is 2.24. The van der Waals surface area contributed by atoms with Crippen LogP contribution in [-0.4, -0.2) is 18.3 Å². The molecule has 4 heteroatoms. The van der Waals surface area contributed by atoms with E-state index < -0.39 is 5.41 Å². The van der Waals surface area contributed by atoms with Crippen LogP contribution in [0.3, 0.4) is 0 Å². The smallest absolute Gasteiger partial charge is 0.316 e. The lowest BCUT2D eigenvalue weighted by Gasteiger charge is -2.18. The summed E-state index contributed by atoms with van der Waals surface area (Å²) in [6.07, 6.45) is 2.07. The minimum Gasteiger partial charge on any atom is -0.426 e. The molecule has 1 aromatic rings. The molecule has 0 unspecified atom stereocenters. The molecule has 1 aliphatic heterocycles. The molecule has 0 atom stereocenters. The molecule has 4 nitrogen and oxygen atoms in total. The third-order valence-electron chi connectivity index (χ3n) is 3.25. The Labute approximate surface area is 120 Å². The summed E-state index contributed by atoms with van der Waals surface area (Å²) >= 11 is 0. The number of hydrogen-bond donors (Lipinski definition) is 1. The fourth-order valence-corrected chi connectivity index (χ4v) is 1.91. The Kier molecular flexibility index (Phi) is 4.12. The number of aliphatic imine (C=N–C) groups is 1. The second-order valence-corrected chi connectivity index (χ2v) is 6.13. The summed E-state index contributed by atoms with van der Waals surface area (Å²) < 4.78 is 5.50. The maximum atomic E-state index is 12.0. The summed E-state index contributed by atoms with van der Waals surface area (Å²) in [6.45, 7) is 8.38. The Bertz CT molecular complexity index is 542. The zero-order chi connectivity index (χ0) is 14.8. The summed E-state index contributed by atoms with van der Waals surface area (Å²) in [7, 11) is 0. The molecule has 108 valence electrons. The van der Waals surface area contributed by atoms with E-state index in [0.717, 1.165) is 36.5 Å². The van der Waals surface area contributed by atoms with Crippen molar-refractivity contribution in [3.05, 3.63) is 23.8 Å². The number of hydrogen-bond acceptors (Lipinski definition) is 4. The first kappa shape index (κ1) is 14.6. The Morgan fingerprint density at radius 2 is 2.10 bits per heavy atom. The van der Waals surface area contributed by atoms with Crippen molar-refractivity contribution in [1.29, 1.82) is 0 Å². The Morgan fingerprint density at radius 3 is 2.70 bits per heavy atom. The van der Waals surface area contributed by atoms with E-state index in [1.54, 1.807) is 0 Å². The number of nitrogens with zero attached hydrogens (tertiary/aromatic N) is 1. The molecule has 1 heterocycles. The molecule has 2 rings (SSSR count). The first-order valence-corrected chi connectivity index (χ1v) is 7.00. The van der Waals surface area contributed by atoms with Crippen molar-refractivity contribution < 1.29 is 9.53 Å². The van der Waals surface area contributed by atoms with Gasteiger partial charge in [0.15, 0.2) is 0 Å². The van der Waals surface area contributed by atoms with Gasteiger partial charge in [-0.3, -0.25) is 9.79 Å². The predicted molar refractivity (Wildman–Crippen MR) is 81.4 cm³/mol. The molecule has 0 fully saturated rings. The van der Waals surface area contributed by atoms with Gasteiger partial charge in [0.2, 0.25) is 0 Å². The van der Waals surface area contributed by atoms with E-state index in [1.165, 1.54) is 0 Å². The monoisotopic (exact) mass is 274 g/mol. The van der Waals surface area contributed by atoms with Gasteiger partial charge in [0.05, 0.1) is 5.41 Å². The van der Waals surface area contributed by atoms with Gasteiger partial charge < -0.3 is 10.1 Å². The largest absolute Gasteiger partial charge is 0.426 e. The number of ether oxygens (including phenoxy) is 1. The molecule has 0 bridgehead atoms. The van der Waals surface area contributed by atoms with Crippen LogP contribution < -0.4 is 10.1 Å². The van der Waals surface area contributed by atoms with Gasteiger partial charge in [-0.2, -0.15) is 0 Å². The van der Waals surface area contributed by atoms with E-state index in [4.69, 9.17) is 4.74 Å². The van der Waals surface area contributed by atoms with Gasteiger partial charge in [-0.15, -0.1) is 0 Å². The fraction of sp³-hybridized carbons (Fsp3) is 0.500. The summed E-state index contributed by atoms with van der Waals surface area (Å²) in [5, 5.41) is 3.32. The quantitative estimate of drug-likeness (QED) is 0.662. The first-order chi connectivity index (χ1) is 9.38. The van der Waals surface area contributed by atoms with Gasteiger partial charge in [-0.1, -0.05) is 6.07 Å². The zero-order valence-electron chi connectivity index (χ0n) is 12.6. The highest BCUT2D eigenvalue weighted by molar-refractivity contribution is 5.97. The first-order valence-electron chi connectivity index (χ1n) is 7.00. The maximum Gasteiger partial charge on any atom is 0.316 e. The number of benzene rings is 1. The van der Waals surface area contributed by atoms with Gasteiger partial charge >= 0.3 is 5.97 Å². The minimum absolute atomic E-state index is 0.226. The van der Waals surface area contributed by atoms with Crippen LogP contribution in [0.2, 0.25) is 0 Å². The molecule has 0 aliphatic carbocycles. The third-order valence-corrected chi connectivity index (χ3v) is 3.25. The molecule has 1 N–H and O–H groups in total. The highest BCUT2D eigenvalue weighted by Crippen LogP contribution is 2.28. The number of anilines is 1. The summed E-state index contributed by atoms with van der Waals surface area (Å²) in [4.78, 5) is 16.4. The second kappa shape index (κ2) is 5.65. The van der Waals surface area contributed by atoms with Gasteiger partial charge in [0, 0.05) is 24.2 Å². The number of nitrogens with one attached hydrogen (secondary N) is 1. The lowest BCUT2D eigenvalue weighted by Crippen LogP contribution is -2.26. The van der Waals surface area contributed by atoms with Crippen LogP contribution >= 0.6 is 0 Å². The molecule has 0 amide bonds. The number of rotatable bonds is 2. The normalized spacial score (nSPS) is 14.9. The van der Waals surface area contributed by atoms with E-state index in [9.17, 15) is 4.79 Å². The summed E-state index contributed by atoms with van der Waals surface area (Å²) in [6, 6.07) is 5.68. The number of carbonyl (C=O) groups is 1. The Hall–Kier alpha value is -1.84. The standard InChI is InChI=1S/C16H22N2O2/c1-11-12(18-14-9-6-10-17-14)7-5-8-13(11)20-15(19)16(2,3)4/h5,7-8H,6,9-10H2,1-4H3,(H,17,18). The number of amidine groups is 1. The zero-order valence-corrected chi connectivity index (χ0v) is 12.6. The van der Waals surface area contributed by atoms with Crippen molar-refractivity contribution in [3.63, 3.8) is 0 Å². The van der Waals surface area contributed by atoms with E-state index >= 15 is 0 Å². The topological polar surface area (TPSA) is 50.7 Å². The molecule has 0 spiro atoms. The van der Waals surface area contributed by atoms with E-state index in [1.807, 2.05) is 45.9 Å².